The van der Waals surface area contributed by atoms with E-state index < -0.39 is 0 Å². The predicted octanol–water partition coefficient (Wildman–Crippen LogP) is 5.45. The highest BCUT2D eigenvalue weighted by Crippen LogP contribution is 2.34. The third-order valence-electron chi connectivity index (χ3n) is 3.64. The number of benzene rings is 1. The van der Waals surface area contributed by atoms with E-state index in [1.165, 1.54) is 4.88 Å². The summed E-state index contributed by atoms with van der Waals surface area (Å²) in [5.41, 5.74) is 3.92. The second-order valence-corrected chi connectivity index (χ2v) is 6.83. The Kier molecular flexibility index (Phi) is 5.74. The molecule has 2 rings (SSSR count). The van der Waals surface area contributed by atoms with Crippen molar-refractivity contribution in [2.24, 2.45) is 0 Å². The van der Waals surface area contributed by atoms with Crippen molar-refractivity contribution in [3.63, 3.8) is 0 Å². The molecule has 2 aromatic rings. The zero-order valence-electron chi connectivity index (χ0n) is 11.2. The Bertz CT molecular complexity index is 547. The molecule has 0 amide bonds. The Labute approximate surface area is 138 Å². The summed E-state index contributed by atoms with van der Waals surface area (Å²) in [4.78, 5) is 5.59. The second-order valence-electron chi connectivity index (χ2n) is 4.92. The molecule has 0 aliphatic carbocycles. The first kappa shape index (κ1) is 16.1. The Hall–Kier alpha value is -0.280. The van der Waals surface area contributed by atoms with Gasteiger partial charge in [-0.15, -0.1) is 34.5 Å². The van der Waals surface area contributed by atoms with Gasteiger partial charge in [0.05, 0.1) is 11.2 Å². The van der Waals surface area contributed by atoms with Gasteiger partial charge in [0, 0.05) is 27.1 Å². The number of halogens is 3. The first-order valence-electron chi connectivity index (χ1n) is 6.38. The Morgan fingerprint density at radius 3 is 2.30 bits per heavy atom. The van der Waals surface area contributed by atoms with E-state index in [0.29, 0.717) is 11.8 Å². The van der Waals surface area contributed by atoms with Crippen molar-refractivity contribution < 1.29 is 0 Å². The number of hydrogen-bond acceptors (Lipinski definition) is 2. The van der Waals surface area contributed by atoms with Gasteiger partial charge in [0.1, 0.15) is 0 Å². The van der Waals surface area contributed by atoms with Gasteiger partial charge >= 0.3 is 0 Å². The third kappa shape index (κ3) is 3.48. The number of alkyl halides is 2. The quantitative estimate of drug-likeness (QED) is 0.632. The SMILES string of the molecule is Cc1ncsc1CCC(CCl)(CCl)c1ccc(Cl)cc1. The molecule has 0 bridgehead atoms. The second kappa shape index (κ2) is 7.13. The molecule has 0 spiro atoms. The smallest absolute Gasteiger partial charge is 0.0797 e. The van der Waals surface area contributed by atoms with Crippen molar-refractivity contribution in [2.45, 2.75) is 25.2 Å². The molecule has 1 aromatic carbocycles. The van der Waals surface area contributed by atoms with Gasteiger partial charge in [-0.05, 0) is 37.5 Å². The van der Waals surface area contributed by atoms with Crippen molar-refractivity contribution in [2.75, 3.05) is 11.8 Å². The minimum atomic E-state index is -0.218. The molecular formula is C15H16Cl3NS. The fraction of sp³-hybridized carbons (Fsp3) is 0.400. The van der Waals surface area contributed by atoms with Crippen LogP contribution < -0.4 is 0 Å². The fourth-order valence-electron chi connectivity index (χ4n) is 2.19. The largest absolute Gasteiger partial charge is 0.250 e. The molecule has 5 heteroatoms. The van der Waals surface area contributed by atoms with Gasteiger partial charge in [0.25, 0.3) is 0 Å². The summed E-state index contributed by atoms with van der Waals surface area (Å²) in [5, 5.41) is 0.727. The van der Waals surface area contributed by atoms with Crippen LogP contribution in [-0.2, 0) is 11.8 Å². The maximum absolute atomic E-state index is 6.25. The van der Waals surface area contributed by atoms with E-state index in [9.17, 15) is 0 Å². The van der Waals surface area contributed by atoms with Crippen LogP contribution in [0.4, 0.5) is 0 Å². The van der Waals surface area contributed by atoms with Gasteiger partial charge in [0.15, 0.2) is 0 Å². The zero-order chi connectivity index (χ0) is 14.6. The molecule has 108 valence electrons. The van der Waals surface area contributed by atoms with E-state index >= 15 is 0 Å². The molecule has 0 aliphatic rings. The molecule has 1 aromatic heterocycles. The summed E-state index contributed by atoms with van der Waals surface area (Å²) in [6.07, 6.45) is 1.85. The standard InChI is InChI=1S/C15H16Cl3NS/c1-11-14(20-10-19-11)6-7-15(8-16,9-17)12-2-4-13(18)5-3-12/h2-5,10H,6-9H2,1H3. The highest BCUT2D eigenvalue weighted by Gasteiger charge is 2.30. The van der Waals surface area contributed by atoms with Gasteiger partial charge in [-0.25, -0.2) is 4.98 Å². The first-order valence-corrected chi connectivity index (χ1v) is 8.71. The van der Waals surface area contributed by atoms with E-state index in [0.717, 1.165) is 29.1 Å². The highest BCUT2D eigenvalue weighted by atomic mass is 35.5. The van der Waals surface area contributed by atoms with Gasteiger partial charge in [-0.1, -0.05) is 23.7 Å². The monoisotopic (exact) mass is 347 g/mol. The summed E-state index contributed by atoms with van der Waals surface area (Å²) in [6, 6.07) is 7.82. The Morgan fingerprint density at radius 2 is 1.80 bits per heavy atom. The van der Waals surface area contributed by atoms with E-state index in [1.807, 2.05) is 36.7 Å². The lowest BCUT2D eigenvalue weighted by Crippen LogP contribution is -2.31. The molecule has 0 saturated heterocycles. The Balaban J connectivity index is 2.21. The zero-order valence-corrected chi connectivity index (χ0v) is 14.3. The van der Waals surface area contributed by atoms with E-state index in [1.54, 1.807) is 11.3 Å². The van der Waals surface area contributed by atoms with E-state index in [-0.39, 0.29) is 5.41 Å². The number of thiazole rings is 1. The molecular weight excluding hydrogens is 333 g/mol. The highest BCUT2D eigenvalue weighted by molar-refractivity contribution is 7.09. The molecule has 1 heterocycles. The normalized spacial score (nSPS) is 11.8. The summed E-state index contributed by atoms with van der Waals surface area (Å²) >= 11 is 20.1. The number of hydrogen-bond donors (Lipinski definition) is 0. The molecule has 0 aliphatic heterocycles. The summed E-state index contributed by atoms with van der Waals surface area (Å²) in [6.45, 7) is 2.04. The van der Waals surface area contributed by atoms with Crippen LogP contribution in [0.15, 0.2) is 29.8 Å². The van der Waals surface area contributed by atoms with Crippen molar-refractivity contribution >= 4 is 46.1 Å². The molecule has 0 fully saturated rings. The van der Waals surface area contributed by atoms with Gasteiger partial charge in [-0.2, -0.15) is 0 Å². The maximum atomic E-state index is 6.25. The minimum Gasteiger partial charge on any atom is -0.250 e. The van der Waals surface area contributed by atoms with Crippen molar-refractivity contribution in [3.05, 3.63) is 50.9 Å². The average molecular weight is 349 g/mol. The van der Waals surface area contributed by atoms with Crippen LogP contribution in [0.25, 0.3) is 0 Å². The molecule has 0 unspecified atom stereocenters. The molecule has 0 saturated carbocycles. The number of rotatable bonds is 6. The summed E-state index contributed by atoms with van der Waals surface area (Å²) in [7, 11) is 0. The van der Waals surface area contributed by atoms with E-state index in [4.69, 9.17) is 34.8 Å². The van der Waals surface area contributed by atoms with Crippen LogP contribution in [0.5, 0.6) is 0 Å². The molecule has 0 N–H and O–H groups in total. The topological polar surface area (TPSA) is 12.9 Å². The first-order chi connectivity index (χ1) is 9.61. The maximum Gasteiger partial charge on any atom is 0.0797 e. The lowest BCUT2D eigenvalue weighted by atomic mass is 9.80. The average Bonchev–Trinajstić information content (AvgIpc) is 2.88. The number of aryl methyl sites for hydroxylation is 2. The van der Waals surface area contributed by atoms with Crippen molar-refractivity contribution in [3.8, 4) is 0 Å². The van der Waals surface area contributed by atoms with Crippen LogP contribution in [0.3, 0.4) is 0 Å². The van der Waals surface area contributed by atoms with Crippen LogP contribution in [0.1, 0.15) is 22.6 Å². The van der Waals surface area contributed by atoms with Crippen LogP contribution in [0.2, 0.25) is 5.02 Å². The van der Waals surface area contributed by atoms with Gasteiger partial charge in [0.2, 0.25) is 0 Å². The third-order valence-corrected chi connectivity index (χ3v) is 5.91. The lowest BCUT2D eigenvalue weighted by Gasteiger charge is -2.30. The minimum absolute atomic E-state index is 0.218. The number of aromatic nitrogens is 1. The van der Waals surface area contributed by atoms with Crippen LogP contribution >= 0.6 is 46.1 Å². The summed E-state index contributed by atoms with van der Waals surface area (Å²) in [5.74, 6) is 0.992. The molecule has 0 radical (unpaired) electrons. The van der Waals surface area contributed by atoms with Gasteiger partial charge < -0.3 is 0 Å². The van der Waals surface area contributed by atoms with Crippen LogP contribution in [-0.4, -0.2) is 16.7 Å². The molecule has 0 atom stereocenters. The van der Waals surface area contributed by atoms with Crippen LogP contribution in [0, 0.1) is 6.92 Å². The van der Waals surface area contributed by atoms with Crippen molar-refractivity contribution in [1.82, 2.24) is 4.98 Å². The van der Waals surface area contributed by atoms with E-state index in [2.05, 4.69) is 4.98 Å². The Morgan fingerprint density at radius 1 is 1.15 bits per heavy atom. The molecule has 1 nitrogen and oxygen atoms in total. The van der Waals surface area contributed by atoms with Crippen molar-refractivity contribution in [1.29, 1.82) is 0 Å². The van der Waals surface area contributed by atoms with Gasteiger partial charge in [-0.3, -0.25) is 0 Å². The summed E-state index contributed by atoms with van der Waals surface area (Å²) < 4.78 is 0. The lowest BCUT2D eigenvalue weighted by molar-refractivity contribution is 0.494. The molecule has 20 heavy (non-hydrogen) atoms. The predicted molar refractivity (Wildman–Crippen MR) is 89.7 cm³/mol. The number of nitrogens with zero attached hydrogens (tertiary/aromatic N) is 1. The fourth-order valence-corrected chi connectivity index (χ4v) is 3.96.